The van der Waals surface area contributed by atoms with E-state index >= 15 is 0 Å². The van der Waals surface area contributed by atoms with E-state index in [-0.39, 0.29) is 23.2 Å². The molecule has 1 unspecified atom stereocenters. The van der Waals surface area contributed by atoms with Crippen LogP contribution < -0.4 is 4.74 Å². The molecule has 3 aromatic rings. The van der Waals surface area contributed by atoms with E-state index in [4.69, 9.17) is 4.74 Å². The number of piperidine rings is 1. The summed E-state index contributed by atoms with van der Waals surface area (Å²) in [7, 11) is 1.59. The van der Waals surface area contributed by atoms with E-state index in [1.54, 1.807) is 19.4 Å². The second-order valence-corrected chi connectivity index (χ2v) is 11.4. The zero-order valence-electron chi connectivity index (χ0n) is 22.4. The summed E-state index contributed by atoms with van der Waals surface area (Å²) >= 11 is 1.20. The molecule has 1 fully saturated rings. The van der Waals surface area contributed by atoms with Crippen LogP contribution in [0.25, 0.3) is 10.9 Å². The maximum atomic E-state index is 13.3. The van der Waals surface area contributed by atoms with Crippen LogP contribution in [0, 0.1) is 11.8 Å². The number of aliphatic hydroxyl groups is 1. The number of nitrogens with zero attached hydrogens (tertiary/aromatic N) is 2. The minimum absolute atomic E-state index is 0.0695. The minimum atomic E-state index is -4.39. The number of likely N-dealkylation sites (tertiary alicyclic amines) is 1. The molecule has 0 amide bonds. The first kappa shape index (κ1) is 30.1. The molecule has 1 saturated heterocycles. The van der Waals surface area contributed by atoms with Gasteiger partial charge in [0.25, 0.3) is 0 Å². The summed E-state index contributed by atoms with van der Waals surface area (Å²) in [5.74, 6) is 0.758. The predicted molar refractivity (Wildman–Crippen MR) is 150 cm³/mol. The van der Waals surface area contributed by atoms with Gasteiger partial charge in [-0.05, 0) is 86.0 Å². The number of methoxy groups -OCH3 is 1. The standard InChI is InChI=1S/C30H35F3N2O4S/c1-39-22-8-9-26-24(18-22)23(12-14-34-26)27(36)10-6-20-13-15-35(19-21(20)7-11-29(37)38)16-17-40-28-5-3-2-4-25(28)30(31,32)33/h2-5,8-9,12,14,18,20-21,27,36H,6-7,10-11,13,15-17,19H2,1H3,(H,37,38)/t20-,21+,27?/m1/s1. The lowest BCUT2D eigenvalue weighted by atomic mass is 9.79. The quantitative estimate of drug-likeness (QED) is 0.233. The molecule has 2 N–H and O–H groups in total. The van der Waals surface area contributed by atoms with Crippen LogP contribution in [-0.2, 0) is 11.0 Å². The van der Waals surface area contributed by atoms with Gasteiger partial charge in [-0.15, -0.1) is 11.8 Å². The number of rotatable bonds is 12. The number of hydrogen-bond acceptors (Lipinski definition) is 6. The lowest BCUT2D eigenvalue weighted by Gasteiger charge is -2.39. The van der Waals surface area contributed by atoms with Gasteiger partial charge < -0.3 is 19.8 Å². The van der Waals surface area contributed by atoms with Crippen LogP contribution in [0.15, 0.2) is 59.6 Å². The van der Waals surface area contributed by atoms with Gasteiger partial charge in [0.05, 0.1) is 24.3 Å². The molecule has 3 atom stereocenters. The molecule has 1 aromatic heterocycles. The normalized spacial score (nSPS) is 19.0. The average Bonchev–Trinajstić information content (AvgIpc) is 2.94. The van der Waals surface area contributed by atoms with E-state index in [0.717, 1.165) is 41.9 Å². The molecule has 10 heteroatoms. The number of aliphatic hydroxyl groups excluding tert-OH is 1. The Morgan fingerprint density at radius 3 is 2.73 bits per heavy atom. The smallest absolute Gasteiger partial charge is 0.417 e. The molecule has 1 aliphatic heterocycles. The molecule has 0 radical (unpaired) electrons. The van der Waals surface area contributed by atoms with Crippen LogP contribution in [0.2, 0.25) is 0 Å². The molecule has 0 bridgehead atoms. The Kier molecular flexibility index (Phi) is 10.3. The summed E-state index contributed by atoms with van der Waals surface area (Å²) in [5, 5.41) is 21.3. The van der Waals surface area contributed by atoms with Crippen molar-refractivity contribution in [1.82, 2.24) is 9.88 Å². The van der Waals surface area contributed by atoms with Crippen LogP contribution in [-0.4, -0.2) is 58.6 Å². The van der Waals surface area contributed by atoms with Gasteiger partial charge in [-0.2, -0.15) is 13.2 Å². The van der Waals surface area contributed by atoms with Crippen molar-refractivity contribution >= 4 is 28.6 Å². The number of hydrogen-bond donors (Lipinski definition) is 2. The third-order valence-corrected chi connectivity index (χ3v) is 8.77. The summed E-state index contributed by atoms with van der Waals surface area (Å²) in [6.07, 6.45) is -0.649. The van der Waals surface area contributed by atoms with Gasteiger partial charge in [0.2, 0.25) is 0 Å². The van der Waals surface area contributed by atoms with Crippen molar-refractivity contribution in [2.75, 3.05) is 32.5 Å². The van der Waals surface area contributed by atoms with E-state index in [2.05, 4.69) is 9.88 Å². The number of pyridine rings is 1. The van der Waals surface area contributed by atoms with Crippen molar-refractivity contribution in [2.45, 2.75) is 49.3 Å². The highest BCUT2D eigenvalue weighted by molar-refractivity contribution is 7.99. The summed E-state index contributed by atoms with van der Waals surface area (Å²) in [4.78, 5) is 18.2. The maximum Gasteiger partial charge on any atom is 0.417 e. The second kappa shape index (κ2) is 13.7. The maximum absolute atomic E-state index is 13.3. The van der Waals surface area contributed by atoms with Gasteiger partial charge in [-0.1, -0.05) is 12.1 Å². The van der Waals surface area contributed by atoms with Crippen LogP contribution in [0.4, 0.5) is 13.2 Å². The number of thioether (sulfide) groups is 1. The van der Waals surface area contributed by atoms with Crippen molar-refractivity contribution < 1.29 is 32.9 Å². The van der Waals surface area contributed by atoms with Gasteiger partial charge in [0.1, 0.15) is 5.75 Å². The molecule has 0 aliphatic carbocycles. The molecule has 40 heavy (non-hydrogen) atoms. The van der Waals surface area contributed by atoms with Gasteiger partial charge in [0, 0.05) is 41.7 Å². The Balaban J connectivity index is 1.36. The Bertz CT molecular complexity index is 1290. The molecule has 2 aromatic carbocycles. The number of alkyl halides is 3. The fraction of sp³-hybridized carbons (Fsp3) is 0.467. The Morgan fingerprint density at radius 2 is 1.98 bits per heavy atom. The molecule has 0 spiro atoms. The first-order valence-corrected chi connectivity index (χ1v) is 14.5. The van der Waals surface area contributed by atoms with Crippen LogP contribution in [0.1, 0.15) is 49.3 Å². The number of carbonyl (C=O) groups is 1. The molecule has 0 saturated carbocycles. The second-order valence-electron chi connectivity index (χ2n) is 10.3. The molecule has 4 rings (SSSR count). The molecular formula is C30H35F3N2O4S. The van der Waals surface area contributed by atoms with Gasteiger partial charge in [-0.25, -0.2) is 0 Å². The van der Waals surface area contributed by atoms with E-state index in [0.29, 0.717) is 37.4 Å². The van der Waals surface area contributed by atoms with Gasteiger partial charge in [0.15, 0.2) is 0 Å². The van der Waals surface area contributed by atoms with E-state index in [9.17, 15) is 28.2 Å². The average molecular weight is 577 g/mol. The first-order chi connectivity index (χ1) is 19.2. The zero-order chi connectivity index (χ0) is 28.7. The Hall–Kier alpha value is -2.82. The Labute approximate surface area is 236 Å². The number of fused-ring (bicyclic) bond motifs is 1. The number of benzene rings is 2. The number of halogens is 3. The SMILES string of the molecule is COc1ccc2nccc(C(O)CC[C@@H]3CCN(CCSc4ccccc4C(F)(F)F)C[C@@H]3CCC(=O)O)c2c1. The van der Waals surface area contributed by atoms with E-state index < -0.39 is 23.8 Å². The fourth-order valence-corrected chi connectivity index (χ4v) is 6.66. The first-order valence-electron chi connectivity index (χ1n) is 13.5. The zero-order valence-corrected chi connectivity index (χ0v) is 23.3. The van der Waals surface area contributed by atoms with Gasteiger partial charge in [-0.3, -0.25) is 9.78 Å². The summed E-state index contributed by atoms with van der Waals surface area (Å²) in [5.41, 5.74) is 0.956. The highest BCUT2D eigenvalue weighted by atomic mass is 32.2. The third-order valence-electron chi connectivity index (χ3n) is 7.71. The summed E-state index contributed by atoms with van der Waals surface area (Å²) in [6.45, 7) is 2.12. The number of aliphatic carboxylic acids is 1. The van der Waals surface area contributed by atoms with Crippen molar-refractivity contribution in [3.63, 3.8) is 0 Å². The number of ether oxygens (including phenoxy) is 1. The lowest BCUT2D eigenvalue weighted by Crippen LogP contribution is -2.41. The predicted octanol–water partition coefficient (Wildman–Crippen LogP) is 6.67. The highest BCUT2D eigenvalue weighted by Crippen LogP contribution is 2.38. The van der Waals surface area contributed by atoms with Gasteiger partial charge >= 0.3 is 12.1 Å². The number of carboxylic acids is 1. The molecule has 216 valence electrons. The van der Waals surface area contributed by atoms with E-state index in [1.165, 1.54) is 23.9 Å². The largest absolute Gasteiger partial charge is 0.497 e. The molecular weight excluding hydrogens is 541 g/mol. The van der Waals surface area contributed by atoms with Crippen molar-refractivity contribution in [2.24, 2.45) is 11.8 Å². The van der Waals surface area contributed by atoms with Crippen molar-refractivity contribution in [3.8, 4) is 5.75 Å². The number of carboxylic acid groups (broad SMARTS) is 1. The molecule has 2 heterocycles. The lowest BCUT2D eigenvalue weighted by molar-refractivity contribution is -0.140. The van der Waals surface area contributed by atoms with Crippen molar-refractivity contribution in [1.29, 1.82) is 0 Å². The molecule has 1 aliphatic rings. The van der Waals surface area contributed by atoms with E-state index in [1.807, 2.05) is 24.3 Å². The van der Waals surface area contributed by atoms with Crippen LogP contribution in [0.5, 0.6) is 5.75 Å². The topological polar surface area (TPSA) is 82.9 Å². The minimum Gasteiger partial charge on any atom is -0.497 e. The van der Waals surface area contributed by atoms with Crippen LogP contribution >= 0.6 is 11.8 Å². The monoisotopic (exact) mass is 576 g/mol. The third kappa shape index (κ3) is 7.89. The van der Waals surface area contributed by atoms with Crippen LogP contribution in [0.3, 0.4) is 0 Å². The molecule has 6 nitrogen and oxygen atoms in total. The van der Waals surface area contributed by atoms with Crippen molar-refractivity contribution in [3.05, 3.63) is 65.9 Å². The Morgan fingerprint density at radius 1 is 1.18 bits per heavy atom. The number of aromatic nitrogens is 1. The fourth-order valence-electron chi connectivity index (χ4n) is 5.58. The highest BCUT2D eigenvalue weighted by Gasteiger charge is 2.33. The summed E-state index contributed by atoms with van der Waals surface area (Å²) < 4.78 is 45.3. The summed E-state index contributed by atoms with van der Waals surface area (Å²) in [6, 6.07) is 13.0.